The molecule has 27 heavy (non-hydrogen) atoms. The average Bonchev–Trinajstić information content (AvgIpc) is 3.21. The summed E-state index contributed by atoms with van der Waals surface area (Å²) < 4.78 is 31.1. The highest BCUT2D eigenvalue weighted by Gasteiger charge is 2.22. The first-order chi connectivity index (χ1) is 12.9. The van der Waals surface area contributed by atoms with E-state index in [1.165, 1.54) is 26.2 Å². The van der Waals surface area contributed by atoms with Gasteiger partial charge in [0.2, 0.25) is 10.0 Å². The van der Waals surface area contributed by atoms with Crippen molar-refractivity contribution >= 4 is 21.8 Å². The summed E-state index contributed by atoms with van der Waals surface area (Å²) in [4.78, 5) is 19.2. The molecule has 1 aliphatic heterocycles. The summed E-state index contributed by atoms with van der Waals surface area (Å²) in [6, 6.07) is 9.82. The zero-order chi connectivity index (χ0) is 19.4. The molecule has 0 spiro atoms. The van der Waals surface area contributed by atoms with Gasteiger partial charge in [-0.3, -0.25) is 0 Å². The zero-order valence-corrected chi connectivity index (χ0v) is 16.3. The molecule has 2 heterocycles. The maximum Gasteiger partial charge on any atom is 0.342 e. The van der Waals surface area contributed by atoms with Crippen LogP contribution in [0.5, 0.6) is 0 Å². The molecule has 1 aromatic heterocycles. The Kier molecular flexibility index (Phi) is 5.76. The maximum absolute atomic E-state index is 12.6. The number of pyridine rings is 1. The molecule has 7 nitrogen and oxygen atoms in total. The smallest absolute Gasteiger partial charge is 0.342 e. The molecule has 0 amide bonds. The van der Waals surface area contributed by atoms with Crippen LogP contribution in [0.1, 0.15) is 28.8 Å². The van der Waals surface area contributed by atoms with E-state index in [1.807, 2.05) is 0 Å². The number of sulfonamides is 1. The number of hydrogen-bond donors (Lipinski definition) is 0. The van der Waals surface area contributed by atoms with Crippen molar-refractivity contribution < 1.29 is 17.9 Å². The lowest BCUT2D eigenvalue weighted by Gasteiger charge is -2.19. The van der Waals surface area contributed by atoms with Gasteiger partial charge in [0.25, 0.3) is 0 Å². The number of esters is 1. The first-order valence-corrected chi connectivity index (χ1v) is 10.2. The molecule has 0 aliphatic carbocycles. The Morgan fingerprint density at radius 2 is 1.93 bits per heavy atom. The lowest BCUT2D eigenvalue weighted by molar-refractivity contribution is 0.0473. The van der Waals surface area contributed by atoms with Crippen LogP contribution in [0.3, 0.4) is 0 Å². The van der Waals surface area contributed by atoms with Crippen molar-refractivity contribution in [2.24, 2.45) is 0 Å². The third-order valence-corrected chi connectivity index (χ3v) is 6.27. The molecule has 0 atom stereocenters. The summed E-state index contributed by atoms with van der Waals surface area (Å²) in [6.45, 7) is 1.74. The van der Waals surface area contributed by atoms with E-state index < -0.39 is 16.0 Å². The molecule has 1 saturated heterocycles. The summed E-state index contributed by atoms with van der Waals surface area (Å²) in [6.07, 6.45) is 3.83. The van der Waals surface area contributed by atoms with Gasteiger partial charge in [-0.25, -0.2) is 22.5 Å². The van der Waals surface area contributed by atoms with Crippen LogP contribution in [0.25, 0.3) is 0 Å². The minimum atomic E-state index is -3.53. The molecule has 1 aliphatic rings. The van der Waals surface area contributed by atoms with E-state index in [4.69, 9.17) is 4.74 Å². The monoisotopic (exact) mass is 389 g/mol. The topological polar surface area (TPSA) is 79.8 Å². The fourth-order valence-corrected chi connectivity index (χ4v) is 3.94. The van der Waals surface area contributed by atoms with Crippen molar-refractivity contribution in [2.45, 2.75) is 24.3 Å². The van der Waals surface area contributed by atoms with E-state index in [1.54, 1.807) is 30.5 Å². The standard InChI is InChI=1S/C19H23N3O4S/c1-21(2)27(24,25)16-8-5-7-15(13-16)14-26-19(23)17-9-6-10-20-18(17)22-11-3-4-12-22/h5-10,13H,3-4,11-12,14H2,1-2H3. The molecule has 8 heteroatoms. The molecule has 144 valence electrons. The first kappa shape index (κ1) is 19.3. The SMILES string of the molecule is CN(C)S(=O)(=O)c1cccc(COC(=O)c2cccnc2N2CCCC2)c1. The van der Waals surface area contributed by atoms with Crippen LogP contribution in [0.2, 0.25) is 0 Å². The van der Waals surface area contributed by atoms with Crippen molar-refractivity contribution in [2.75, 3.05) is 32.1 Å². The summed E-state index contributed by atoms with van der Waals surface area (Å²) in [7, 11) is -0.579. The summed E-state index contributed by atoms with van der Waals surface area (Å²) in [5.74, 6) is 0.176. The number of nitrogens with zero attached hydrogens (tertiary/aromatic N) is 3. The number of rotatable bonds is 6. The summed E-state index contributed by atoms with van der Waals surface area (Å²) in [5.41, 5.74) is 1.04. The normalized spacial score (nSPS) is 14.6. The number of carbonyl (C=O) groups excluding carboxylic acids is 1. The number of anilines is 1. The van der Waals surface area contributed by atoms with E-state index in [2.05, 4.69) is 9.88 Å². The molecule has 1 fully saturated rings. The van der Waals surface area contributed by atoms with Crippen LogP contribution in [0, 0.1) is 0 Å². The summed E-state index contributed by atoms with van der Waals surface area (Å²) in [5, 5.41) is 0. The molecule has 0 saturated carbocycles. The number of hydrogen-bond acceptors (Lipinski definition) is 6. The van der Waals surface area contributed by atoms with Gasteiger partial charge in [0, 0.05) is 33.4 Å². The number of aromatic nitrogens is 1. The minimum absolute atomic E-state index is 0.00996. The summed E-state index contributed by atoms with van der Waals surface area (Å²) >= 11 is 0. The maximum atomic E-state index is 12.6. The van der Waals surface area contributed by atoms with Gasteiger partial charge in [-0.15, -0.1) is 0 Å². The molecular weight excluding hydrogens is 366 g/mol. The second-order valence-electron chi connectivity index (χ2n) is 6.58. The fourth-order valence-electron chi connectivity index (χ4n) is 2.97. The highest BCUT2D eigenvalue weighted by atomic mass is 32.2. The van der Waals surface area contributed by atoms with E-state index in [-0.39, 0.29) is 11.5 Å². The lowest BCUT2D eigenvalue weighted by Crippen LogP contribution is -2.23. The Balaban J connectivity index is 1.74. The number of ether oxygens (including phenoxy) is 1. The predicted octanol–water partition coefficient (Wildman–Crippen LogP) is 2.29. The molecule has 0 radical (unpaired) electrons. The number of carbonyl (C=O) groups is 1. The van der Waals surface area contributed by atoms with Crippen molar-refractivity contribution in [3.8, 4) is 0 Å². The van der Waals surface area contributed by atoms with E-state index in [9.17, 15) is 13.2 Å². The molecule has 3 rings (SSSR count). The quantitative estimate of drug-likeness (QED) is 0.705. The Morgan fingerprint density at radius 3 is 2.63 bits per heavy atom. The van der Waals surface area contributed by atoms with Gasteiger partial charge in [-0.2, -0.15) is 0 Å². The molecule has 0 unspecified atom stereocenters. The minimum Gasteiger partial charge on any atom is -0.457 e. The van der Waals surface area contributed by atoms with E-state index in [0.717, 1.165) is 30.2 Å². The van der Waals surface area contributed by atoms with Crippen LogP contribution in [-0.4, -0.2) is 50.9 Å². The van der Waals surface area contributed by atoms with Gasteiger partial charge in [0.15, 0.2) is 0 Å². The molecule has 0 N–H and O–H groups in total. The van der Waals surface area contributed by atoms with Gasteiger partial charge in [-0.1, -0.05) is 12.1 Å². The van der Waals surface area contributed by atoms with Crippen molar-refractivity contribution in [3.05, 3.63) is 53.7 Å². The third kappa shape index (κ3) is 4.28. The first-order valence-electron chi connectivity index (χ1n) is 8.78. The Morgan fingerprint density at radius 1 is 1.19 bits per heavy atom. The second kappa shape index (κ2) is 8.06. The van der Waals surface area contributed by atoms with Crippen molar-refractivity contribution in [3.63, 3.8) is 0 Å². The van der Waals surface area contributed by atoms with E-state index in [0.29, 0.717) is 16.9 Å². The Bertz CT molecular complexity index is 922. The van der Waals surface area contributed by atoms with Crippen LogP contribution in [0.15, 0.2) is 47.5 Å². The largest absolute Gasteiger partial charge is 0.457 e. The van der Waals surface area contributed by atoms with Gasteiger partial charge >= 0.3 is 5.97 Å². The van der Waals surface area contributed by atoms with Crippen molar-refractivity contribution in [1.29, 1.82) is 0 Å². The molecular formula is C19H23N3O4S. The molecule has 1 aromatic carbocycles. The number of benzene rings is 1. The van der Waals surface area contributed by atoms with Crippen LogP contribution in [0.4, 0.5) is 5.82 Å². The lowest BCUT2D eigenvalue weighted by atomic mass is 10.2. The van der Waals surface area contributed by atoms with Gasteiger partial charge in [0.05, 0.1) is 4.90 Å². The van der Waals surface area contributed by atoms with Gasteiger partial charge < -0.3 is 9.64 Å². The predicted molar refractivity (Wildman–Crippen MR) is 102 cm³/mol. The fraction of sp³-hybridized carbons (Fsp3) is 0.368. The van der Waals surface area contributed by atoms with Crippen molar-refractivity contribution in [1.82, 2.24) is 9.29 Å². The van der Waals surface area contributed by atoms with Crippen LogP contribution >= 0.6 is 0 Å². The third-order valence-electron chi connectivity index (χ3n) is 4.46. The highest BCUT2D eigenvalue weighted by Crippen LogP contribution is 2.23. The van der Waals surface area contributed by atoms with Gasteiger partial charge in [-0.05, 0) is 42.7 Å². The Hall–Kier alpha value is -2.45. The second-order valence-corrected chi connectivity index (χ2v) is 8.73. The molecule has 2 aromatic rings. The van der Waals surface area contributed by atoms with E-state index >= 15 is 0 Å². The van der Waals surface area contributed by atoms with Crippen LogP contribution < -0.4 is 4.90 Å². The highest BCUT2D eigenvalue weighted by molar-refractivity contribution is 7.89. The average molecular weight is 389 g/mol. The Labute approximate surface area is 159 Å². The zero-order valence-electron chi connectivity index (χ0n) is 15.5. The van der Waals surface area contributed by atoms with Gasteiger partial charge in [0.1, 0.15) is 18.0 Å². The van der Waals surface area contributed by atoms with Crippen LogP contribution in [-0.2, 0) is 21.4 Å². The molecule has 0 bridgehead atoms.